The Bertz CT molecular complexity index is 214. The van der Waals surface area contributed by atoms with Gasteiger partial charge in [-0.15, -0.1) is 0 Å². The van der Waals surface area contributed by atoms with Crippen molar-refractivity contribution in [3.63, 3.8) is 0 Å². The van der Waals surface area contributed by atoms with Gasteiger partial charge in [-0.1, -0.05) is 0 Å². The van der Waals surface area contributed by atoms with Crippen molar-refractivity contribution in [3.05, 3.63) is 0 Å². The van der Waals surface area contributed by atoms with E-state index >= 15 is 0 Å². The first-order chi connectivity index (χ1) is 6.53. The Hall–Kier alpha value is -0.590. The van der Waals surface area contributed by atoms with E-state index in [1.165, 1.54) is 0 Å². The number of hydrogen-bond acceptors (Lipinski definition) is 3. The molecule has 14 heavy (non-hydrogen) atoms. The van der Waals surface area contributed by atoms with E-state index in [9.17, 15) is 0 Å². The van der Waals surface area contributed by atoms with E-state index in [0.29, 0.717) is 6.04 Å². The molecule has 80 valence electrons. The average Bonchev–Trinajstić information content (AvgIpc) is 2.09. The third-order valence-corrected chi connectivity index (χ3v) is 2.83. The van der Waals surface area contributed by atoms with Crippen molar-refractivity contribution in [1.82, 2.24) is 5.32 Å². The van der Waals surface area contributed by atoms with Gasteiger partial charge < -0.3 is 10.4 Å². The number of nitrogens with zero attached hydrogens (tertiary/aromatic N) is 1. The number of aliphatic hydroxyl groups excluding tert-OH is 1. The summed E-state index contributed by atoms with van der Waals surface area (Å²) >= 11 is 0. The summed E-state index contributed by atoms with van der Waals surface area (Å²) in [5.41, 5.74) is -0.194. The second-order valence-corrected chi connectivity index (χ2v) is 4.88. The smallest absolute Gasteiger partial charge is 0.0683 e. The van der Waals surface area contributed by atoms with Crippen LogP contribution in [0.2, 0.25) is 0 Å². The lowest BCUT2D eigenvalue weighted by molar-refractivity contribution is 0.0624. The molecule has 0 atom stereocenters. The molecular formula is C11H20N2O. The fourth-order valence-electron chi connectivity index (χ4n) is 1.65. The predicted molar refractivity (Wildman–Crippen MR) is 55.7 cm³/mol. The zero-order valence-electron chi connectivity index (χ0n) is 9.08. The highest BCUT2D eigenvalue weighted by Gasteiger charge is 2.26. The Labute approximate surface area is 86.1 Å². The highest BCUT2D eigenvalue weighted by atomic mass is 16.3. The summed E-state index contributed by atoms with van der Waals surface area (Å²) in [5, 5.41) is 21.2. The minimum Gasteiger partial charge on any atom is -0.393 e. The molecule has 1 fully saturated rings. The monoisotopic (exact) mass is 196 g/mol. The molecule has 1 rings (SSSR count). The fraction of sp³-hybridized carbons (Fsp3) is 0.909. The number of hydrogen-bond donors (Lipinski definition) is 2. The average molecular weight is 196 g/mol. The topological polar surface area (TPSA) is 56.0 Å². The normalized spacial score (nSPS) is 26.7. The van der Waals surface area contributed by atoms with Crippen LogP contribution in [0.25, 0.3) is 0 Å². The molecule has 0 aliphatic heterocycles. The Morgan fingerprint density at radius 3 is 2.64 bits per heavy atom. The van der Waals surface area contributed by atoms with Gasteiger partial charge >= 0.3 is 0 Å². The van der Waals surface area contributed by atoms with E-state index in [1.807, 2.05) is 13.8 Å². The molecule has 0 heterocycles. The summed E-state index contributed by atoms with van der Waals surface area (Å²) in [6.45, 7) is 4.91. The second kappa shape index (κ2) is 4.77. The van der Waals surface area contributed by atoms with Gasteiger partial charge in [-0.2, -0.15) is 5.26 Å². The van der Waals surface area contributed by atoms with Crippen LogP contribution < -0.4 is 5.32 Å². The molecule has 1 saturated carbocycles. The molecule has 0 aromatic heterocycles. The fourth-order valence-corrected chi connectivity index (χ4v) is 1.65. The van der Waals surface area contributed by atoms with Crippen LogP contribution >= 0.6 is 0 Å². The Kier molecular flexibility index (Phi) is 3.91. The van der Waals surface area contributed by atoms with Crippen LogP contribution in [0, 0.1) is 16.7 Å². The maximum Gasteiger partial charge on any atom is 0.0683 e. The molecule has 1 aliphatic rings. The van der Waals surface area contributed by atoms with Crippen LogP contribution in [0.5, 0.6) is 0 Å². The zero-order valence-corrected chi connectivity index (χ0v) is 9.08. The molecule has 0 bridgehead atoms. The van der Waals surface area contributed by atoms with E-state index in [0.717, 1.165) is 32.2 Å². The quantitative estimate of drug-likeness (QED) is 0.654. The molecule has 2 N–H and O–H groups in total. The lowest BCUT2D eigenvalue weighted by atomic mass is 9.88. The van der Waals surface area contributed by atoms with E-state index in [-0.39, 0.29) is 11.5 Å². The van der Waals surface area contributed by atoms with Gasteiger partial charge in [-0.05, 0) is 46.1 Å². The van der Waals surface area contributed by atoms with Gasteiger partial charge in [0, 0.05) is 6.04 Å². The first-order valence-corrected chi connectivity index (χ1v) is 5.36. The van der Waals surface area contributed by atoms with Crippen molar-refractivity contribution < 1.29 is 5.11 Å². The van der Waals surface area contributed by atoms with Crippen molar-refractivity contribution in [2.24, 2.45) is 5.41 Å². The molecule has 0 spiro atoms. The number of aliphatic hydroxyl groups is 1. The van der Waals surface area contributed by atoms with Crippen LogP contribution in [0.15, 0.2) is 0 Å². The van der Waals surface area contributed by atoms with Crippen LogP contribution in [0.4, 0.5) is 0 Å². The van der Waals surface area contributed by atoms with Crippen molar-refractivity contribution in [1.29, 1.82) is 5.26 Å². The summed E-state index contributed by atoms with van der Waals surface area (Å²) in [7, 11) is 0. The van der Waals surface area contributed by atoms with Gasteiger partial charge in [-0.25, -0.2) is 0 Å². The largest absolute Gasteiger partial charge is 0.393 e. The van der Waals surface area contributed by atoms with E-state index in [4.69, 9.17) is 10.4 Å². The molecule has 0 aromatic rings. The van der Waals surface area contributed by atoms with Crippen molar-refractivity contribution in [2.75, 3.05) is 6.54 Å². The number of rotatable bonds is 5. The van der Waals surface area contributed by atoms with Crippen LogP contribution in [-0.2, 0) is 0 Å². The van der Waals surface area contributed by atoms with Crippen molar-refractivity contribution >= 4 is 0 Å². The minimum absolute atomic E-state index is 0.0805. The summed E-state index contributed by atoms with van der Waals surface area (Å²) < 4.78 is 0. The molecule has 1 aliphatic carbocycles. The van der Waals surface area contributed by atoms with E-state index in [1.54, 1.807) is 0 Å². The molecule has 3 heteroatoms. The summed E-state index contributed by atoms with van der Waals surface area (Å²) in [6, 6.07) is 2.81. The van der Waals surface area contributed by atoms with E-state index in [2.05, 4.69) is 11.4 Å². The molecular weight excluding hydrogens is 176 g/mol. The summed E-state index contributed by atoms with van der Waals surface area (Å²) in [5.74, 6) is 0. The number of nitrogens with one attached hydrogen (secondary N) is 1. The third kappa shape index (κ3) is 3.65. The lowest BCUT2D eigenvalue weighted by Gasteiger charge is -2.32. The molecule has 3 nitrogen and oxygen atoms in total. The first kappa shape index (κ1) is 11.5. The minimum atomic E-state index is -0.194. The molecule has 0 unspecified atom stereocenters. The molecule has 0 aromatic carbocycles. The standard InChI is InChI=1S/C11H20N2O/c1-11(2,8-12)4-3-5-13-9-6-10(14)7-9/h9-10,13-14H,3-7H2,1-2H3. The summed E-state index contributed by atoms with van der Waals surface area (Å²) in [6.07, 6.45) is 3.67. The third-order valence-electron chi connectivity index (χ3n) is 2.83. The van der Waals surface area contributed by atoms with Gasteiger partial charge in [0.15, 0.2) is 0 Å². The zero-order chi connectivity index (χ0) is 10.6. The van der Waals surface area contributed by atoms with Gasteiger partial charge in [0.25, 0.3) is 0 Å². The van der Waals surface area contributed by atoms with Gasteiger partial charge in [0.05, 0.1) is 17.6 Å². The summed E-state index contributed by atoms with van der Waals surface area (Å²) in [4.78, 5) is 0. The second-order valence-electron chi connectivity index (χ2n) is 4.88. The number of nitriles is 1. The maximum absolute atomic E-state index is 9.06. The molecule has 0 saturated heterocycles. The Morgan fingerprint density at radius 2 is 2.14 bits per heavy atom. The van der Waals surface area contributed by atoms with Crippen LogP contribution in [0.3, 0.4) is 0 Å². The van der Waals surface area contributed by atoms with Gasteiger partial charge in [-0.3, -0.25) is 0 Å². The van der Waals surface area contributed by atoms with E-state index < -0.39 is 0 Å². The van der Waals surface area contributed by atoms with Crippen LogP contribution in [-0.4, -0.2) is 23.8 Å². The molecule has 0 radical (unpaired) electrons. The Morgan fingerprint density at radius 1 is 1.50 bits per heavy atom. The Balaban J connectivity index is 1.98. The highest BCUT2D eigenvalue weighted by Crippen LogP contribution is 2.21. The molecule has 0 amide bonds. The van der Waals surface area contributed by atoms with Crippen molar-refractivity contribution in [3.8, 4) is 6.07 Å². The lowest BCUT2D eigenvalue weighted by Crippen LogP contribution is -2.44. The van der Waals surface area contributed by atoms with Crippen molar-refractivity contribution in [2.45, 2.75) is 51.7 Å². The van der Waals surface area contributed by atoms with Crippen LogP contribution in [0.1, 0.15) is 39.5 Å². The van der Waals surface area contributed by atoms with Gasteiger partial charge in [0.2, 0.25) is 0 Å². The first-order valence-electron chi connectivity index (χ1n) is 5.36. The maximum atomic E-state index is 9.06. The SMILES string of the molecule is CC(C)(C#N)CCCNC1CC(O)C1. The highest BCUT2D eigenvalue weighted by molar-refractivity contribution is 4.91. The van der Waals surface area contributed by atoms with Gasteiger partial charge in [0.1, 0.15) is 0 Å². The predicted octanol–water partition coefficient (Wildman–Crippen LogP) is 1.43.